The van der Waals surface area contributed by atoms with Crippen molar-refractivity contribution in [2.45, 2.75) is 27.7 Å². The minimum absolute atomic E-state index is 0.908. The second-order valence-electron chi connectivity index (χ2n) is 23.3. The summed E-state index contributed by atoms with van der Waals surface area (Å²) in [7, 11) is 0. The van der Waals surface area contributed by atoms with E-state index in [-0.39, 0.29) is 0 Å². The van der Waals surface area contributed by atoms with Crippen molar-refractivity contribution >= 4 is 86.7 Å². The number of benzene rings is 12. The number of aromatic amines is 2. The molecule has 0 radical (unpaired) electrons. The molecule has 4 heteroatoms. The van der Waals surface area contributed by atoms with Gasteiger partial charge in [-0.2, -0.15) is 0 Å². The SMILES string of the molecule is Cc1ccc(-c2c3nc(c(-c4ccc(C)cc4)c4[nH]c(c(-c5ccc(C)cc5)c5nc(c(-c6ccc(C)cc6)c6[nH]c2c2cc7ccccc7cc62)-c2cc6ccccc6cc2-5)c2cc5ccccc5cc42)-c2cc4ccccc4cc2-3)cc1. The molecule has 0 unspecified atom stereocenters. The van der Waals surface area contributed by atoms with E-state index in [0.29, 0.717) is 0 Å². The summed E-state index contributed by atoms with van der Waals surface area (Å²) >= 11 is 0. The van der Waals surface area contributed by atoms with E-state index in [4.69, 9.17) is 9.97 Å². The Bertz CT molecular complexity index is 4810. The molecule has 1 aliphatic carbocycles. The standard InChI is InChI=1S/C80H54N4/c1-45-21-29-49(30-22-45)69-73-61-37-53-13-5-7-15-55(53)39-63(61)75(81-73)70(50-31-23-46(2)24-32-50)77-65-41-57-17-9-11-19-59(57)43-67(65)79(83-77)72(52-35-27-48(4)28-36-52)80-68-44-60-20-12-10-18-58(60)42-66(68)78(84-80)71(51-33-25-47(3)26-34-51)76-64-40-56-16-8-6-14-54(56)38-62(64)74(69)82-76/h5-44,81,84H,1-4H3. The van der Waals surface area contributed by atoms with Gasteiger partial charge in [-0.15, -0.1) is 0 Å². The van der Waals surface area contributed by atoms with Crippen LogP contribution < -0.4 is 0 Å². The van der Waals surface area contributed by atoms with Gasteiger partial charge in [-0.05, 0) is 142 Å². The molecule has 0 saturated heterocycles. The number of fused-ring (bicyclic) bond motifs is 4. The van der Waals surface area contributed by atoms with Crippen LogP contribution in [-0.2, 0) is 0 Å². The Morgan fingerprint density at radius 2 is 0.417 bits per heavy atom. The number of aryl methyl sites for hydroxylation is 4. The Morgan fingerprint density at radius 1 is 0.226 bits per heavy atom. The highest BCUT2D eigenvalue weighted by molar-refractivity contribution is 6.25. The Hall–Kier alpha value is -10.7. The van der Waals surface area contributed by atoms with Crippen molar-refractivity contribution in [3.05, 3.63) is 265 Å². The van der Waals surface area contributed by atoms with Crippen LogP contribution in [0.15, 0.2) is 243 Å². The number of H-pyrrole nitrogens is 2. The molecule has 394 valence electrons. The Morgan fingerprint density at radius 3 is 0.619 bits per heavy atom. The second-order valence-corrected chi connectivity index (χ2v) is 23.3. The molecule has 4 heterocycles. The summed E-state index contributed by atoms with van der Waals surface area (Å²) in [6.07, 6.45) is 0. The molecule has 0 saturated carbocycles. The minimum atomic E-state index is 0.908. The maximum Gasteiger partial charge on any atom is 0.0816 e. The summed E-state index contributed by atoms with van der Waals surface area (Å²) in [4.78, 5) is 21.1. The fraction of sp³-hybridized carbons (Fsp3) is 0.0500. The predicted molar refractivity (Wildman–Crippen MR) is 356 cm³/mol. The Balaban J connectivity index is 1.23. The van der Waals surface area contributed by atoms with Crippen LogP contribution in [0.1, 0.15) is 22.3 Å². The van der Waals surface area contributed by atoms with Gasteiger partial charge in [0.1, 0.15) is 0 Å². The van der Waals surface area contributed by atoms with E-state index in [2.05, 4.69) is 280 Å². The lowest BCUT2D eigenvalue weighted by Gasteiger charge is -2.11. The Kier molecular flexibility index (Phi) is 10.5. The van der Waals surface area contributed by atoms with Crippen LogP contribution in [-0.4, -0.2) is 19.9 Å². The smallest absolute Gasteiger partial charge is 0.0816 e. The van der Waals surface area contributed by atoms with Crippen molar-refractivity contribution in [2.24, 2.45) is 0 Å². The third-order valence-corrected chi connectivity index (χ3v) is 17.9. The second kappa shape index (κ2) is 18.4. The topological polar surface area (TPSA) is 57.4 Å². The zero-order valence-electron chi connectivity index (χ0n) is 47.0. The van der Waals surface area contributed by atoms with Gasteiger partial charge in [0, 0.05) is 66.1 Å². The van der Waals surface area contributed by atoms with Gasteiger partial charge in [-0.25, -0.2) is 9.97 Å². The van der Waals surface area contributed by atoms with E-state index in [9.17, 15) is 0 Å². The molecule has 8 bridgehead atoms. The minimum Gasteiger partial charge on any atom is -0.353 e. The van der Waals surface area contributed by atoms with Gasteiger partial charge in [-0.3, -0.25) is 0 Å². The summed E-state index contributed by atoms with van der Waals surface area (Å²) in [5.74, 6) is 0. The van der Waals surface area contributed by atoms with E-state index in [1.807, 2.05) is 0 Å². The number of aromatic nitrogens is 4. The van der Waals surface area contributed by atoms with E-state index in [1.165, 1.54) is 22.3 Å². The summed E-state index contributed by atoms with van der Waals surface area (Å²) in [6.45, 7) is 8.68. The van der Waals surface area contributed by atoms with Gasteiger partial charge >= 0.3 is 0 Å². The first-order valence-electron chi connectivity index (χ1n) is 29.1. The molecule has 2 aliphatic heterocycles. The molecular weight excluding hydrogens is 1020 g/mol. The lowest BCUT2D eigenvalue weighted by molar-refractivity contribution is 1.39. The number of rotatable bonds is 4. The van der Waals surface area contributed by atoms with Crippen molar-refractivity contribution in [3.8, 4) is 89.5 Å². The van der Waals surface area contributed by atoms with E-state index >= 15 is 0 Å². The van der Waals surface area contributed by atoms with Crippen molar-refractivity contribution in [3.63, 3.8) is 0 Å². The highest BCUT2D eigenvalue weighted by Gasteiger charge is 2.31. The third kappa shape index (κ3) is 7.47. The predicted octanol–water partition coefficient (Wildman–Crippen LogP) is 21.8. The van der Waals surface area contributed by atoms with Gasteiger partial charge in [0.25, 0.3) is 0 Å². The zero-order valence-corrected chi connectivity index (χ0v) is 47.0. The molecule has 4 nitrogen and oxygen atoms in total. The molecule has 0 amide bonds. The molecule has 84 heavy (non-hydrogen) atoms. The first kappa shape index (κ1) is 48.1. The van der Waals surface area contributed by atoms with E-state index in [0.717, 1.165) is 176 Å². The van der Waals surface area contributed by atoms with Crippen molar-refractivity contribution in [1.29, 1.82) is 0 Å². The van der Waals surface area contributed by atoms with E-state index < -0.39 is 0 Å². The molecule has 2 N–H and O–H groups in total. The van der Waals surface area contributed by atoms with Gasteiger partial charge in [0.2, 0.25) is 0 Å². The lowest BCUT2D eigenvalue weighted by Crippen LogP contribution is -1.88. The van der Waals surface area contributed by atoms with Crippen molar-refractivity contribution in [2.75, 3.05) is 0 Å². The highest BCUT2D eigenvalue weighted by Crippen LogP contribution is 2.53. The summed E-state index contributed by atoms with van der Waals surface area (Å²) in [5.41, 5.74) is 25.1. The van der Waals surface area contributed by atoms with Crippen LogP contribution >= 0.6 is 0 Å². The molecule has 2 aromatic heterocycles. The summed E-state index contributed by atoms with van der Waals surface area (Å²) in [6, 6.07) is 90.4. The average molecular weight is 1070 g/mol. The molecule has 0 fully saturated rings. The summed E-state index contributed by atoms with van der Waals surface area (Å²) in [5, 5.41) is 13.7. The number of hydrogen-bond donors (Lipinski definition) is 2. The zero-order chi connectivity index (χ0) is 55.9. The molecule has 14 aromatic rings. The van der Waals surface area contributed by atoms with Crippen LogP contribution in [0.4, 0.5) is 0 Å². The highest BCUT2D eigenvalue weighted by atomic mass is 14.8. The van der Waals surface area contributed by atoms with Gasteiger partial charge in [-0.1, -0.05) is 216 Å². The Labute approximate surface area is 486 Å². The molecular formula is C80H54N4. The monoisotopic (exact) mass is 1070 g/mol. The van der Waals surface area contributed by atoms with Gasteiger partial charge < -0.3 is 9.97 Å². The first-order chi connectivity index (χ1) is 41.2. The molecule has 0 spiro atoms. The average Bonchev–Trinajstić information content (AvgIpc) is 1.80. The van der Waals surface area contributed by atoms with Crippen LogP contribution in [0, 0.1) is 27.7 Å². The van der Waals surface area contributed by atoms with Crippen molar-refractivity contribution in [1.82, 2.24) is 19.9 Å². The van der Waals surface area contributed by atoms with Gasteiger partial charge in [0.05, 0.1) is 44.8 Å². The summed E-state index contributed by atoms with van der Waals surface area (Å²) < 4.78 is 0. The maximum atomic E-state index is 6.23. The molecule has 17 rings (SSSR count). The fourth-order valence-electron chi connectivity index (χ4n) is 13.6. The van der Waals surface area contributed by atoms with E-state index in [1.54, 1.807) is 0 Å². The molecule has 0 atom stereocenters. The van der Waals surface area contributed by atoms with Crippen LogP contribution in [0.25, 0.3) is 176 Å². The number of hydrogen-bond acceptors (Lipinski definition) is 2. The largest absolute Gasteiger partial charge is 0.353 e. The van der Waals surface area contributed by atoms with Crippen LogP contribution in [0.2, 0.25) is 0 Å². The van der Waals surface area contributed by atoms with Crippen LogP contribution in [0.5, 0.6) is 0 Å². The molecule has 3 aliphatic rings. The first-order valence-corrected chi connectivity index (χ1v) is 29.1. The quantitative estimate of drug-likeness (QED) is 0.185. The molecule has 12 aromatic carbocycles. The number of nitrogens with zero attached hydrogens (tertiary/aromatic N) is 2. The normalized spacial score (nSPS) is 12.0. The van der Waals surface area contributed by atoms with Crippen LogP contribution in [0.3, 0.4) is 0 Å². The lowest BCUT2D eigenvalue weighted by atomic mass is 9.91. The fourth-order valence-corrected chi connectivity index (χ4v) is 13.6. The third-order valence-electron chi connectivity index (χ3n) is 17.9. The van der Waals surface area contributed by atoms with Gasteiger partial charge in [0.15, 0.2) is 0 Å². The maximum absolute atomic E-state index is 6.23. The number of nitrogens with one attached hydrogen (secondary N) is 2. The van der Waals surface area contributed by atoms with Crippen molar-refractivity contribution < 1.29 is 0 Å².